The maximum Gasteiger partial charge on any atom is 0.335 e. The number of aromatic carboxylic acids is 1. The van der Waals surface area contributed by atoms with E-state index >= 15 is 0 Å². The molecular weight excluding hydrogens is 322 g/mol. The predicted octanol–water partition coefficient (Wildman–Crippen LogP) is 2.62. The normalized spacial score (nSPS) is 24.0. The molecule has 1 amide bonds. The van der Waals surface area contributed by atoms with Gasteiger partial charge in [-0.3, -0.25) is 4.79 Å². The molecule has 3 rings (SSSR count). The van der Waals surface area contributed by atoms with E-state index in [-0.39, 0.29) is 23.6 Å². The third-order valence-corrected chi connectivity index (χ3v) is 4.99. The van der Waals surface area contributed by atoms with Crippen LogP contribution in [-0.4, -0.2) is 42.3 Å². The van der Waals surface area contributed by atoms with Gasteiger partial charge < -0.3 is 19.9 Å². The third kappa shape index (κ3) is 4.95. The van der Waals surface area contributed by atoms with Crippen LogP contribution < -0.4 is 10.1 Å². The van der Waals surface area contributed by atoms with E-state index in [1.54, 1.807) is 12.1 Å². The summed E-state index contributed by atoms with van der Waals surface area (Å²) in [5.41, 5.74) is 0.216. The monoisotopic (exact) mass is 347 g/mol. The van der Waals surface area contributed by atoms with Crippen molar-refractivity contribution in [3.8, 4) is 5.75 Å². The number of nitrogens with one attached hydrogen (secondary N) is 1. The van der Waals surface area contributed by atoms with Crippen LogP contribution in [0.3, 0.4) is 0 Å². The van der Waals surface area contributed by atoms with Crippen molar-refractivity contribution in [2.24, 2.45) is 5.92 Å². The Balaban J connectivity index is 1.56. The number of benzene rings is 1. The third-order valence-electron chi connectivity index (χ3n) is 4.99. The zero-order valence-corrected chi connectivity index (χ0v) is 14.3. The Morgan fingerprint density at radius 2 is 1.88 bits per heavy atom. The number of carboxylic acid groups (broad SMARTS) is 1. The van der Waals surface area contributed by atoms with Crippen LogP contribution in [-0.2, 0) is 9.53 Å². The molecule has 0 radical (unpaired) electrons. The van der Waals surface area contributed by atoms with Gasteiger partial charge >= 0.3 is 5.97 Å². The van der Waals surface area contributed by atoms with Gasteiger partial charge in [-0.05, 0) is 49.4 Å². The van der Waals surface area contributed by atoms with Crippen LogP contribution >= 0.6 is 0 Å². The SMILES string of the molecule is O=C(CC1CCCC1)N[C@@H]1CCOC[C@H]1Oc1ccc(C(=O)O)cc1. The topological polar surface area (TPSA) is 84.9 Å². The van der Waals surface area contributed by atoms with Crippen molar-refractivity contribution >= 4 is 11.9 Å². The first-order valence-electron chi connectivity index (χ1n) is 8.99. The van der Waals surface area contributed by atoms with Crippen molar-refractivity contribution in [2.45, 2.75) is 50.7 Å². The Morgan fingerprint density at radius 1 is 1.16 bits per heavy atom. The van der Waals surface area contributed by atoms with Gasteiger partial charge in [0, 0.05) is 13.0 Å². The Hall–Kier alpha value is -2.08. The number of carbonyl (C=O) groups excluding carboxylic acids is 1. The second-order valence-corrected chi connectivity index (χ2v) is 6.88. The predicted molar refractivity (Wildman–Crippen MR) is 91.8 cm³/mol. The lowest BCUT2D eigenvalue weighted by Crippen LogP contribution is -2.51. The van der Waals surface area contributed by atoms with Gasteiger partial charge in [0.2, 0.25) is 5.91 Å². The molecule has 1 aliphatic heterocycles. The largest absolute Gasteiger partial charge is 0.486 e. The van der Waals surface area contributed by atoms with Gasteiger partial charge in [-0.1, -0.05) is 12.8 Å². The Labute approximate surface area is 147 Å². The molecular formula is C19H25NO5. The summed E-state index contributed by atoms with van der Waals surface area (Å²) in [6.07, 6.45) is 5.80. The second kappa shape index (κ2) is 8.34. The summed E-state index contributed by atoms with van der Waals surface area (Å²) in [5, 5.41) is 12.1. The van der Waals surface area contributed by atoms with Gasteiger partial charge in [-0.15, -0.1) is 0 Å². The van der Waals surface area contributed by atoms with E-state index in [4.69, 9.17) is 14.6 Å². The van der Waals surface area contributed by atoms with E-state index in [1.807, 2.05) is 0 Å². The van der Waals surface area contributed by atoms with Crippen molar-refractivity contribution in [1.29, 1.82) is 0 Å². The van der Waals surface area contributed by atoms with Gasteiger partial charge in [-0.2, -0.15) is 0 Å². The summed E-state index contributed by atoms with van der Waals surface area (Å²) in [4.78, 5) is 23.2. The number of hydrogen-bond donors (Lipinski definition) is 2. The van der Waals surface area contributed by atoms with Crippen LogP contribution in [0.25, 0.3) is 0 Å². The lowest BCUT2D eigenvalue weighted by Gasteiger charge is -2.32. The highest BCUT2D eigenvalue weighted by atomic mass is 16.5. The lowest BCUT2D eigenvalue weighted by molar-refractivity contribution is -0.124. The number of carbonyl (C=O) groups is 2. The summed E-state index contributed by atoms with van der Waals surface area (Å²) in [6.45, 7) is 1.02. The molecule has 2 aliphatic rings. The van der Waals surface area contributed by atoms with Crippen LogP contribution in [0, 0.1) is 5.92 Å². The van der Waals surface area contributed by atoms with E-state index < -0.39 is 5.97 Å². The molecule has 2 N–H and O–H groups in total. The molecule has 25 heavy (non-hydrogen) atoms. The van der Waals surface area contributed by atoms with E-state index in [1.165, 1.54) is 25.0 Å². The Bertz CT molecular complexity index is 594. The van der Waals surface area contributed by atoms with Crippen LogP contribution in [0.15, 0.2) is 24.3 Å². The first kappa shape index (κ1) is 17.7. The number of amides is 1. The molecule has 1 saturated carbocycles. The molecule has 0 spiro atoms. The Kier molecular flexibility index (Phi) is 5.91. The highest BCUT2D eigenvalue weighted by Gasteiger charge is 2.30. The van der Waals surface area contributed by atoms with Gasteiger partial charge in [0.1, 0.15) is 11.9 Å². The Morgan fingerprint density at radius 3 is 2.56 bits per heavy atom. The minimum atomic E-state index is -0.968. The molecule has 1 heterocycles. The first-order chi connectivity index (χ1) is 12.1. The summed E-state index contributed by atoms with van der Waals surface area (Å²) in [5.74, 6) is 0.219. The minimum Gasteiger partial charge on any atom is -0.486 e. The van der Waals surface area contributed by atoms with Crippen LogP contribution in [0.2, 0.25) is 0 Å². The highest BCUT2D eigenvalue weighted by molar-refractivity contribution is 5.87. The summed E-state index contributed by atoms with van der Waals surface area (Å²) >= 11 is 0. The molecule has 136 valence electrons. The molecule has 0 bridgehead atoms. The van der Waals surface area contributed by atoms with Crippen molar-refractivity contribution in [1.82, 2.24) is 5.32 Å². The highest BCUT2D eigenvalue weighted by Crippen LogP contribution is 2.27. The maximum absolute atomic E-state index is 12.3. The zero-order valence-electron chi connectivity index (χ0n) is 14.3. The molecule has 2 atom stereocenters. The molecule has 1 aliphatic carbocycles. The maximum atomic E-state index is 12.3. The molecule has 2 fully saturated rings. The molecule has 6 nitrogen and oxygen atoms in total. The van der Waals surface area contributed by atoms with Gasteiger partial charge in [0.05, 0.1) is 18.2 Å². The number of ether oxygens (including phenoxy) is 2. The standard InChI is InChI=1S/C19H25NO5/c21-18(11-13-3-1-2-4-13)20-16-9-10-24-12-17(16)25-15-7-5-14(6-8-15)19(22)23/h5-8,13,16-17H,1-4,9-12H2,(H,20,21)(H,22,23)/t16-,17-/m1/s1. The second-order valence-electron chi connectivity index (χ2n) is 6.88. The van der Waals surface area contributed by atoms with Crippen molar-refractivity contribution < 1.29 is 24.2 Å². The van der Waals surface area contributed by atoms with Crippen LogP contribution in [0.1, 0.15) is 48.9 Å². The quantitative estimate of drug-likeness (QED) is 0.826. The number of rotatable bonds is 6. The van der Waals surface area contributed by atoms with E-state index in [9.17, 15) is 9.59 Å². The average Bonchev–Trinajstić information content (AvgIpc) is 3.10. The molecule has 0 aromatic heterocycles. The van der Waals surface area contributed by atoms with Gasteiger partial charge in [-0.25, -0.2) is 4.79 Å². The van der Waals surface area contributed by atoms with Gasteiger partial charge in [0.25, 0.3) is 0 Å². The zero-order chi connectivity index (χ0) is 17.6. The molecule has 0 unspecified atom stereocenters. The van der Waals surface area contributed by atoms with Crippen LogP contribution in [0.4, 0.5) is 0 Å². The molecule has 1 aromatic rings. The average molecular weight is 347 g/mol. The fraction of sp³-hybridized carbons (Fsp3) is 0.579. The lowest BCUT2D eigenvalue weighted by atomic mass is 10.0. The smallest absolute Gasteiger partial charge is 0.335 e. The minimum absolute atomic E-state index is 0.0817. The summed E-state index contributed by atoms with van der Waals surface area (Å²) in [6, 6.07) is 6.21. The van der Waals surface area contributed by atoms with Crippen molar-refractivity contribution in [3.05, 3.63) is 29.8 Å². The summed E-state index contributed by atoms with van der Waals surface area (Å²) in [7, 11) is 0. The fourth-order valence-corrected chi connectivity index (χ4v) is 3.59. The summed E-state index contributed by atoms with van der Waals surface area (Å²) < 4.78 is 11.4. The number of hydrogen-bond acceptors (Lipinski definition) is 4. The van der Waals surface area contributed by atoms with Gasteiger partial charge in [0.15, 0.2) is 0 Å². The van der Waals surface area contributed by atoms with E-state index in [0.717, 1.165) is 12.8 Å². The first-order valence-corrected chi connectivity index (χ1v) is 8.99. The molecule has 6 heteroatoms. The van der Waals surface area contributed by atoms with Crippen LogP contribution in [0.5, 0.6) is 5.75 Å². The van der Waals surface area contributed by atoms with E-state index in [0.29, 0.717) is 37.7 Å². The van der Waals surface area contributed by atoms with Crippen molar-refractivity contribution in [3.63, 3.8) is 0 Å². The van der Waals surface area contributed by atoms with Crippen molar-refractivity contribution in [2.75, 3.05) is 13.2 Å². The number of carboxylic acids is 1. The molecule has 1 saturated heterocycles. The molecule has 1 aromatic carbocycles. The fourth-order valence-electron chi connectivity index (χ4n) is 3.59. The van der Waals surface area contributed by atoms with E-state index in [2.05, 4.69) is 5.32 Å².